The van der Waals surface area contributed by atoms with Gasteiger partial charge in [-0.2, -0.15) is 0 Å². The Kier molecular flexibility index (Phi) is 4.31. The van der Waals surface area contributed by atoms with E-state index >= 15 is 0 Å². The van der Waals surface area contributed by atoms with Crippen LogP contribution in [0.25, 0.3) is 0 Å². The quantitative estimate of drug-likeness (QED) is 0.701. The lowest BCUT2D eigenvalue weighted by atomic mass is 10.0. The van der Waals surface area contributed by atoms with E-state index in [2.05, 4.69) is 18.7 Å². The number of hydrogen-bond donors (Lipinski definition) is 1. The van der Waals surface area contributed by atoms with Gasteiger partial charge >= 0.3 is 0 Å². The molecule has 2 N–H and O–H groups in total. The lowest BCUT2D eigenvalue weighted by Crippen LogP contribution is -2.56. The van der Waals surface area contributed by atoms with Crippen molar-refractivity contribution >= 4 is 0 Å². The molecule has 1 heterocycles. The Morgan fingerprint density at radius 2 is 2.29 bits per heavy atom. The van der Waals surface area contributed by atoms with Gasteiger partial charge in [0.2, 0.25) is 0 Å². The number of ether oxygens (including phenoxy) is 2. The van der Waals surface area contributed by atoms with Crippen LogP contribution < -0.4 is 5.73 Å². The second-order valence-corrected chi connectivity index (χ2v) is 4.53. The van der Waals surface area contributed by atoms with E-state index in [0.717, 1.165) is 26.3 Å². The molecule has 1 unspecified atom stereocenters. The third-order valence-electron chi connectivity index (χ3n) is 2.65. The van der Waals surface area contributed by atoms with Gasteiger partial charge in [-0.15, -0.1) is 0 Å². The standard InChI is InChI=1S/C10H22N2O2/c1-10(2)8-14-5-4-12(10)6-9(11)7-13-3/h9H,4-8,11H2,1-3H3. The second-order valence-electron chi connectivity index (χ2n) is 4.53. The molecule has 1 rings (SSSR count). The molecule has 0 amide bonds. The van der Waals surface area contributed by atoms with E-state index in [9.17, 15) is 0 Å². The Hall–Kier alpha value is -0.160. The van der Waals surface area contributed by atoms with Crippen molar-refractivity contribution in [3.05, 3.63) is 0 Å². The summed E-state index contributed by atoms with van der Waals surface area (Å²) in [5.41, 5.74) is 6.03. The fraction of sp³-hybridized carbons (Fsp3) is 1.00. The van der Waals surface area contributed by atoms with E-state index in [-0.39, 0.29) is 11.6 Å². The summed E-state index contributed by atoms with van der Waals surface area (Å²) in [5.74, 6) is 0. The van der Waals surface area contributed by atoms with Gasteiger partial charge in [-0.25, -0.2) is 0 Å². The van der Waals surface area contributed by atoms with Crippen molar-refractivity contribution in [2.45, 2.75) is 25.4 Å². The molecule has 4 heteroatoms. The first kappa shape index (κ1) is 11.9. The Balaban J connectivity index is 2.41. The maximum atomic E-state index is 5.93. The highest BCUT2D eigenvalue weighted by Crippen LogP contribution is 2.18. The first-order valence-electron chi connectivity index (χ1n) is 5.13. The Labute approximate surface area is 86.3 Å². The predicted molar refractivity (Wildman–Crippen MR) is 56.3 cm³/mol. The Morgan fingerprint density at radius 3 is 2.86 bits per heavy atom. The van der Waals surface area contributed by atoms with Crippen LogP contribution in [-0.2, 0) is 9.47 Å². The van der Waals surface area contributed by atoms with Gasteiger partial charge in [0, 0.05) is 31.8 Å². The molecule has 0 spiro atoms. The number of rotatable bonds is 4. The largest absolute Gasteiger partial charge is 0.383 e. The minimum atomic E-state index is 0.0948. The number of nitrogens with two attached hydrogens (primary N) is 1. The van der Waals surface area contributed by atoms with E-state index in [4.69, 9.17) is 15.2 Å². The molecule has 1 fully saturated rings. The van der Waals surface area contributed by atoms with Crippen molar-refractivity contribution in [1.29, 1.82) is 0 Å². The highest BCUT2D eigenvalue weighted by molar-refractivity contribution is 4.86. The molecular formula is C10H22N2O2. The molecule has 1 aliphatic rings. The molecule has 4 nitrogen and oxygen atoms in total. The summed E-state index contributed by atoms with van der Waals surface area (Å²) in [7, 11) is 1.68. The van der Waals surface area contributed by atoms with Gasteiger partial charge in [-0.3, -0.25) is 4.90 Å². The van der Waals surface area contributed by atoms with Crippen molar-refractivity contribution in [3.8, 4) is 0 Å². The highest BCUT2D eigenvalue weighted by atomic mass is 16.5. The van der Waals surface area contributed by atoms with E-state index in [1.165, 1.54) is 0 Å². The normalized spacial score (nSPS) is 24.9. The summed E-state index contributed by atoms with van der Waals surface area (Å²) < 4.78 is 10.5. The fourth-order valence-corrected chi connectivity index (χ4v) is 1.78. The van der Waals surface area contributed by atoms with Gasteiger partial charge in [0.15, 0.2) is 0 Å². The first-order chi connectivity index (χ1) is 6.56. The molecule has 0 bridgehead atoms. The van der Waals surface area contributed by atoms with Gasteiger partial charge in [-0.05, 0) is 13.8 Å². The van der Waals surface area contributed by atoms with Crippen LogP contribution in [0.15, 0.2) is 0 Å². The van der Waals surface area contributed by atoms with Gasteiger partial charge in [-0.1, -0.05) is 0 Å². The number of nitrogens with zero attached hydrogens (tertiary/aromatic N) is 1. The Morgan fingerprint density at radius 1 is 1.57 bits per heavy atom. The molecule has 1 saturated heterocycles. The zero-order valence-electron chi connectivity index (χ0n) is 9.45. The molecule has 1 aliphatic heterocycles. The molecule has 14 heavy (non-hydrogen) atoms. The predicted octanol–water partition coefficient (Wildman–Crippen LogP) is 0.0709. The smallest absolute Gasteiger partial charge is 0.0645 e. The summed E-state index contributed by atoms with van der Waals surface area (Å²) in [6.07, 6.45) is 0. The van der Waals surface area contributed by atoms with Crippen LogP contribution in [-0.4, -0.2) is 56.5 Å². The number of hydrogen-bond acceptors (Lipinski definition) is 4. The maximum absolute atomic E-state index is 5.93. The number of methoxy groups -OCH3 is 1. The summed E-state index contributed by atoms with van der Waals surface area (Å²) in [6.45, 7) is 8.43. The first-order valence-corrected chi connectivity index (χ1v) is 5.13. The lowest BCUT2D eigenvalue weighted by Gasteiger charge is -2.43. The van der Waals surface area contributed by atoms with Crippen molar-refractivity contribution < 1.29 is 9.47 Å². The van der Waals surface area contributed by atoms with Gasteiger partial charge in [0.05, 0.1) is 19.8 Å². The third-order valence-corrected chi connectivity index (χ3v) is 2.65. The average molecular weight is 202 g/mol. The zero-order valence-corrected chi connectivity index (χ0v) is 9.45. The molecule has 0 aromatic heterocycles. The lowest BCUT2D eigenvalue weighted by molar-refractivity contribution is -0.0554. The number of morpholine rings is 1. The summed E-state index contributed by atoms with van der Waals surface area (Å²) in [4.78, 5) is 2.38. The Bertz CT molecular complexity index is 174. The monoisotopic (exact) mass is 202 g/mol. The molecule has 1 atom stereocenters. The van der Waals surface area contributed by atoms with E-state index < -0.39 is 0 Å². The average Bonchev–Trinajstić information content (AvgIpc) is 2.09. The van der Waals surface area contributed by atoms with Crippen molar-refractivity contribution in [1.82, 2.24) is 4.90 Å². The van der Waals surface area contributed by atoms with Crippen LogP contribution in [0.2, 0.25) is 0 Å². The van der Waals surface area contributed by atoms with Crippen molar-refractivity contribution in [3.63, 3.8) is 0 Å². The van der Waals surface area contributed by atoms with Crippen LogP contribution in [0.5, 0.6) is 0 Å². The minimum Gasteiger partial charge on any atom is -0.383 e. The summed E-state index contributed by atoms with van der Waals surface area (Å²) >= 11 is 0. The van der Waals surface area contributed by atoms with Crippen molar-refractivity contribution in [2.75, 3.05) is 40.0 Å². The second kappa shape index (κ2) is 5.07. The van der Waals surface area contributed by atoms with E-state index in [0.29, 0.717) is 6.61 Å². The molecule has 0 radical (unpaired) electrons. The minimum absolute atomic E-state index is 0.0948. The van der Waals surface area contributed by atoms with E-state index in [1.54, 1.807) is 7.11 Å². The molecule has 0 aliphatic carbocycles. The van der Waals surface area contributed by atoms with Gasteiger partial charge in [0.25, 0.3) is 0 Å². The topological polar surface area (TPSA) is 47.7 Å². The molecule has 0 aromatic carbocycles. The zero-order chi connectivity index (χ0) is 10.6. The van der Waals surface area contributed by atoms with Crippen LogP contribution in [0.3, 0.4) is 0 Å². The molecular weight excluding hydrogens is 180 g/mol. The van der Waals surface area contributed by atoms with Crippen LogP contribution in [0, 0.1) is 0 Å². The SMILES string of the molecule is COCC(N)CN1CCOCC1(C)C. The van der Waals surface area contributed by atoms with Gasteiger partial charge in [0.1, 0.15) is 0 Å². The van der Waals surface area contributed by atoms with Crippen LogP contribution >= 0.6 is 0 Å². The maximum Gasteiger partial charge on any atom is 0.0645 e. The molecule has 0 aromatic rings. The highest BCUT2D eigenvalue weighted by Gasteiger charge is 2.31. The third kappa shape index (κ3) is 3.20. The summed E-state index contributed by atoms with van der Waals surface area (Å²) in [5, 5.41) is 0. The van der Waals surface area contributed by atoms with Crippen molar-refractivity contribution in [2.24, 2.45) is 5.73 Å². The van der Waals surface area contributed by atoms with Crippen LogP contribution in [0.4, 0.5) is 0 Å². The fourth-order valence-electron chi connectivity index (χ4n) is 1.78. The van der Waals surface area contributed by atoms with Crippen LogP contribution in [0.1, 0.15) is 13.8 Å². The van der Waals surface area contributed by atoms with Gasteiger partial charge < -0.3 is 15.2 Å². The molecule has 0 saturated carbocycles. The van der Waals surface area contributed by atoms with E-state index in [1.807, 2.05) is 0 Å². The summed E-state index contributed by atoms with van der Waals surface area (Å²) in [6, 6.07) is 0.0948. The molecule has 84 valence electrons.